The van der Waals surface area contributed by atoms with Gasteiger partial charge in [-0.25, -0.2) is 13.2 Å². The maximum absolute atomic E-state index is 12.7. The van der Waals surface area contributed by atoms with Gasteiger partial charge in [0.25, 0.3) is 0 Å². The first-order chi connectivity index (χ1) is 9.54. The highest BCUT2D eigenvalue weighted by molar-refractivity contribution is 7.89. The molecule has 1 N–H and O–H groups in total. The fraction of sp³-hybridized carbons (Fsp3) is 0.643. The Labute approximate surface area is 125 Å². The molecule has 0 bridgehead atoms. The second kappa shape index (κ2) is 5.14. The summed E-state index contributed by atoms with van der Waals surface area (Å²) in [5, 5.41) is 9.21. The molecule has 0 atom stereocenters. The number of hydrogen-bond acceptors (Lipinski definition) is 3. The third-order valence-electron chi connectivity index (χ3n) is 3.88. The SMILES string of the molecule is CC(C)n1cc(S(=O)(=O)N2CCC(C)(C)C2)cc1C(=O)O. The Morgan fingerprint density at radius 3 is 2.38 bits per heavy atom. The number of sulfonamides is 1. The normalized spacial score (nSPS) is 19.3. The lowest BCUT2D eigenvalue weighted by atomic mass is 9.93. The Bertz CT molecular complexity index is 659. The van der Waals surface area contributed by atoms with Crippen molar-refractivity contribution >= 4 is 16.0 Å². The zero-order valence-corrected chi connectivity index (χ0v) is 13.6. The van der Waals surface area contributed by atoms with Crippen LogP contribution in [0.2, 0.25) is 0 Å². The number of hydrogen-bond donors (Lipinski definition) is 1. The molecular formula is C14H22N2O4S. The van der Waals surface area contributed by atoms with E-state index in [0.717, 1.165) is 6.42 Å². The van der Waals surface area contributed by atoms with E-state index in [1.807, 2.05) is 27.7 Å². The van der Waals surface area contributed by atoms with Gasteiger partial charge in [-0.15, -0.1) is 0 Å². The van der Waals surface area contributed by atoms with Crippen LogP contribution in [0.5, 0.6) is 0 Å². The van der Waals surface area contributed by atoms with Crippen molar-refractivity contribution in [2.75, 3.05) is 13.1 Å². The first-order valence-electron chi connectivity index (χ1n) is 7.00. The average Bonchev–Trinajstić information content (AvgIpc) is 2.92. The molecule has 1 fully saturated rings. The van der Waals surface area contributed by atoms with Gasteiger partial charge < -0.3 is 9.67 Å². The van der Waals surface area contributed by atoms with Gasteiger partial charge in [0.1, 0.15) is 10.6 Å². The third kappa shape index (κ3) is 2.98. The second-order valence-electron chi connectivity index (χ2n) is 6.62. The van der Waals surface area contributed by atoms with E-state index in [0.29, 0.717) is 13.1 Å². The van der Waals surface area contributed by atoms with Crippen LogP contribution in [0.1, 0.15) is 50.6 Å². The first kappa shape index (κ1) is 16.0. The second-order valence-corrected chi connectivity index (χ2v) is 8.56. The Kier molecular flexibility index (Phi) is 3.92. The minimum Gasteiger partial charge on any atom is -0.477 e. The highest BCUT2D eigenvalue weighted by Crippen LogP contribution is 2.33. The summed E-state index contributed by atoms with van der Waals surface area (Å²) in [4.78, 5) is 11.3. The summed E-state index contributed by atoms with van der Waals surface area (Å²) in [5.74, 6) is -1.12. The van der Waals surface area contributed by atoms with E-state index in [2.05, 4.69) is 0 Å². The van der Waals surface area contributed by atoms with Gasteiger partial charge in [0.15, 0.2) is 0 Å². The number of carbonyl (C=O) groups is 1. The van der Waals surface area contributed by atoms with Crippen LogP contribution < -0.4 is 0 Å². The van der Waals surface area contributed by atoms with Gasteiger partial charge in [0.05, 0.1) is 0 Å². The summed E-state index contributed by atoms with van der Waals surface area (Å²) >= 11 is 0. The molecule has 0 amide bonds. The molecule has 0 aromatic carbocycles. The zero-order valence-electron chi connectivity index (χ0n) is 12.8. The van der Waals surface area contributed by atoms with E-state index in [4.69, 9.17) is 0 Å². The molecule has 1 saturated heterocycles. The summed E-state index contributed by atoms with van der Waals surface area (Å²) in [7, 11) is -3.63. The molecule has 6 nitrogen and oxygen atoms in total. The Morgan fingerprint density at radius 2 is 2.00 bits per heavy atom. The molecule has 1 aliphatic heterocycles. The fourth-order valence-corrected chi connectivity index (χ4v) is 4.27. The number of aromatic nitrogens is 1. The molecule has 7 heteroatoms. The van der Waals surface area contributed by atoms with Crippen LogP contribution in [0.15, 0.2) is 17.2 Å². The van der Waals surface area contributed by atoms with Gasteiger partial charge >= 0.3 is 5.97 Å². The molecule has 1 aromatic rings. The molecule has 2 heterocycles. The predicted octanol–water partition coefficient (Wildman–Crippen LogP) is 2.19. The van der Waals surface area contributed by atoms with Crippen molar-refractivity contribution in [3.8, 4) is 0 Å². The molecule has 0 saturated carbocycles. The Hall–Kier alpha value is -1.34. The standard InChI is InChI=1S/C14H22N2O4S/c1-10(2)16-8-11(7-12(16)13(17)18)21(19,20)15-6-5-14(3,4)9-15/h7-8,10H,5-6,9H2,1-4H3,(H,17,18). The van der Waals surface area contributed by atoms with Crippen LogP contribution in [0.3, 0.4) is 0 Å². The lowest BCUT2D eigenvalue weighted by Gasteiger charge is -2.19. The monoisotopic (exact) mass is 314 g/mol. The molecular weight excluding hydrogens is 292 g/mol. The van der Waals surface area contributed by atoms with Crippen LogP contribution in [-0.2, 0) is 10.0 Å². The molecule has 0 aliphatic carbocycles. The van der Waals surface area contributed by atoms with Crippen LogP contribution in [0.25, 0.3) is 0 Å². The van der Waals surface area contributed by atoms with Crippen molar-refractivity contribution in [3.63, 3.8) is 0 Å². The zero-order chi connectivity index (χ0) is 16.0. The van der Waals surface area contributed by atoms with Crippen LogP contribution in [-0.4, -0.2) is 41.5 Å². The predicted molar refractivity (Wildman–Crippen MR) is 78.9 cm³/mol. The van der Waals surface area contributed by atoms with Crippen molar-refractivity contribution in [1.82, 2.24) is 8.87 Å². The molecule has 0 radical (unpaired) electrons. The maximum Gasteiger partial charge on any atom is 0.352 e. The summed E-state index contributed by atoms with van der Waals surface area (Å²) < 4.78 is 28.2. The molecule has 1 aliphatic rings. The van der Waals surface area contributed by atoms with E-state index in [1.54, 1.807) is 0 Å². The van der Waals surface area contributed by atoms with Crippen molar-refractivity contribution < 1.29 is 18.3 Å². The van der Waals surface area contributed by atoms with E-state index in [1.165, 1.54) is 21.1 Å². The molecule has 2 rings (SSSR count). The highest BCUT2D eigenvalue weighted by atomic mass is 32.2. The summed E-state index contributed by atoms with van der Waals surface area (Å²) in [5.41, 5.74) is -0.0365. The molecule has 1 aromatic heterocycles. The van der Waals surface area contributed by atoms with Crippen LogP contribution in [0.4, 0.5) is 0 Å². The van der Waals surface area contributed by atoms with Crippen molar-refractivity contribution in [3.05, 3.63) is 18.0 Å². The number of carboxylic acid groups (broad SMARTS) is 1. The third-order valence-corrected chi connectivity index (χ3v) is 5.69. The largest absolute Gasteiger partial charge is 0.477 e. The van der Waals surface area contributed by atoms with Gasteiger partial charge in [-0.3, -0.25) is 0 Å². The molecule has 0 unspecified atom stereocenters. The Balaban J connectivity index is 2.42. The summed E-state index contributed by atoms with van der Waals surface area (Å²) in [6.45, 7) is 8.65. The molecule has 118 valence electrons. The van der Waals surface area contributed by atoms with Crippen LogP contribution >= 0.6 is 0 Å². The highest BCUT2D eigenvalue weighted by Gasteiger charge is 2.37. The van der Waals surface area contributed by atoms with Crippen LogP contribution in [0, 0.1) is 5.41 Å². The topological polar surface area (TPSA) is 79.6 Å². The summed E-state index contributed by atoms with van der Waals surface area (Å²) in [6, 6.07) is 1.14. The minimum absolute atomic E-state index is 0.00188. The molecule has 21 heavy (non-hydrogen) atoms. The number of nitrogens with zero attached hydrogens (tertiary/aromatic N) is 2. The quantitative estimate of drug-likeness (QED) is 0.924. The van der Waals surface area contributed by atoms with Crippen molar-refractivity contribution in [1.29, 1.82) is 0 Å². The fourth-order valence-electron chi connectivity index (χ4n) is 2.61. The molecule has 0 spiro atoms. The first-order valence-corrected chi connectivity index (χ1v) is 8.44. The lowest BCUT2D eigenvalue weighted by Crippen LogP contribution is -2.30. The van der Waals surface area contributed by atoms with Gasteiger partial charge in [0.2, 0.25) is 10.0 Å². The smallest absolute Gasteiger partial charge is 0.352 e. The van der Waals surface area contributed by atoms with Gasteiger partial charge in [-0.1, -0.05) is 13.8 Å². The summed E-state index contributed by atoms with van der Waals surface area (Å²) in [6.07, 6.45) is 2.23. The van der Waals surface area contributed by atoms with Gasteiger partial charge in [-0.05, 0) is 31.7 Å². The number of carboxylic acids is 1. The van der Waals surface area contributed by atoms with E-state index in [-0.39, 0.29) is 22.0 Å². The van der Waals surface area contributed by atoms with E-state index in [9.17, 15) is 18.3 Å². The number of aromatic carboxylic acids is 1. The lowest BCUT2D eigenvalue weighted by molar-refractivity contribution is 0.0683. The van der Waals surface area contributed by atoms with Crippen molar-refractivity contribution in [2.45, 2.75) is 45.1 Å². The minimum atomic E-state index is -3.63. The van der Waals surface area contributed by atoms with Crippen molar-refractivity contribution in [2.24, 2.45) is 5.41 Å². The Morgan fingerprint density at radius 1 is 1.38 bits per heavy atom. The van der Waals surface area contributed by atoms with Gasteiger partial charge in [-0.2, -0.15) is 4.31 Å². The van der Waals surface area contributed by atoms with E-state index >= 15 is 0 Å². The van der Waals surface area contributed by atoms with Gasteiger partial charge in [0, 0.05) is 25.3 Å². The average molecular weight is 314 g/mol. The van der Waals surface area contributed by atoms with E-state index < -0.39 is 16.0 Å². The maximum atomic E-state index is 12.7. The number of rotatable bonds is 4.